The van der Waals surface area contributed by atoms with Crippen LogP contribution in [0, 0.1) is 0 Å². The Morgan fingerprint density at radius 1 is 1.43 bits per heavy atom. The highest BCUT2D eigenvalue weighted by Gasteiger charge is 2.04. The Bertz CT molecular complexity index is 441. The molecule has 1 aromatic carbocycles. The zero-order valence-electron chi connectivity index (χ0n) is 7.19. The van der Waals surface area contributed by atoms with Crippen molar-refractivity contribution in [2.24, 2.45) is 0 Å². The van der Waals surface area contributed by atoms with Gasteiger partial charge in [0, 0.05) is 4.47 Å². The van der Waals surface area contributed by atoms with E-state index in [2.05, 4.69) is 26.0 Å². The topological polar surface area (TPSA) is 30.7 Å². The number of hydrogen-bond donors (Lipinski definition) is 0. The van der Waals surface area contributed by atoms with E-state index in [4.69, 9.17) is 11.6 Å². The summed E-state index contributed by atoms with van der Waals surface area (Å²) in [6.07, 6.45) is 1.50. The first kappa shape index (κ1) is 9.68. The summed E-state index contributed by atoms with van der Waals surface area (Å²) >= 11 is 9.13. The zero-order chi connectivity index (χ0) is 9.97. The molecule has 0 aliphatic carbocycles. The van der Waals surface area contributed by atoms with Crippen LogP contribution in [0.3, 0.4) is 0 Å². The summed E-state index contributed by atoms with van der Waals surface area (Å²) in [5, 5.41) is 4.10. The highest BCUT2D eigenvalue weighted by molar-refractivity contribution is 9.10. The molecule has 72 valence electrons. The Hall–Kier alpha value is -0.870. The molecule has 2 aromatic rings. The highest BCUT2D eigenvalue weighted by atomic mass is 79.9. The van der Waals surface area contributed by atoms with E-state index in [0.29, 0.717) is 5.88 Å². The van der Waals surface area contributed by atoms with Gasteiger partial charge in [0.15, 0.2) is 0 Å². The lowest BCUT2D eigenvalue weighted by Gasteiger charge is -2.03. The Balaban J connectivity index is 2.49. The molecule has 0 unspecified atom stereocenters. The van der Waals surface area contributed by atoms with Gasteiger partial charge in [-0.2, -0.15) is 5.10 Å². The van der Waals surface area contributed by atoms with Crippen molar-refractivity contribution in [3.05, 3.63) is 40.9 Å². The maximum atomic E-state index is 5.73. The van der Waals surface area contributed by atoms with Crippen molar-refractivity contribution in [1.29, 1.82) is 0 Å². The Morgan fingerprint density at radius 2 is 2.29 bits per heavy atom. The van der Waals surface area contributed by atoms with Gasteiger partial charge < -0.3 is 0 Å². The third-order valence-electron chi connectivity index (χ3n) is 1.79. The fraction of sp³-hybridized carbons (Fsp3) is 0.111. The Labute approximate surface area is 94.9 Å². The maximum absolute atomic E-state index is 5.73. The van der Waals surface area contributed by atoms with Crippen LogP contribution in [0.25, 0.3) is 5.69 Å². The third kappa shape index (κ3) is 1.81. The predicted molar refractivity (Wildman–Crippen MR) is 58.6 cm³/mol. The van der Waals surface area contributed by atoms with Crippen LogP contribution in [0.4, 0.5) is 0 Å². The Kier molecular flexibility index (Phi) is 2.84. The molecular weight excluding hydrogens is 265 g/mol. The number of hydrogen-bond acceptors (Lipinski definition) is 2. The number of alkyl halides is 1. The normalized spacial score (nSPS) is 10.4. The third-order valence-corrected chi connectivity index (χ3v) is 2.52. The van der Waals surface area contributed by atoms with Crippen LogP contribution in [-0.2, 0) is 5.88 Å². The number of nitrogens with zero attached hydrogens (tertiary/aromatic N) is 3. The second-order valence-electron chi connectivity index (χ2n) is 2.70. The van der Waals surface area contributed by atoms with Gasteiger partial charge >= 0.3 is 0 Å². The lowest BCUT2D eigenvalue weighted by Crippen LogP contribution is -2.00. The minimum absolute atomic E-state index is 0.354. The maximum Gasteiger partial charge on any atom is 0.147 e. The van der Waals surface area contributed by atoms with Crippen LogP contribution in [0.5, 0.6) is 0 Å². The second-order valence-corrected chi connectivity index (χ2v) is 3.88. The van der Waals surface area contributed by atoms with E-state index in [0.717, 1.165) is 16.0 Å². The average molecular weight is 273 g/mol. The molecule has 0 bridgehead atoms. The summed E-state index contributed by atoms with van der Waals surface area (Å²) in [4.78, 5) is 4.05. The number of benzene rings is 1. The van der Waals surface area contributed by atoms with Crippen molar-refractivity contribution in [1.82, 2.24) is 14.8 Å². The summed E-state index contributed by atoms with van der Waals surface area (Å²) < 4.78 is 2.73. The van der Waals surface area contributed by atoms with Crippen molar-refractivity contribution in [3.8, 4) is 5.69 Å². The zero-order valence-corrected chi connectivity index (χ0v) is 9.53. The highest BCUT2D eigenvalue weighted by Crippen LogP contribution is 2.16. The molecule has 0 fully saturated rings. The molecular formula is C9H7BrClN3. The molecule has 2 rings (SSSR count). The molecule has 14 heavy (non-hydrogen) atoms. The van der Waals surface area contributed by atoms with Gasteiger partial charge in [0.05, 0.1) is 11.6 Å². The molecule has 0 N–H and O–H groups in total. The van der Waals surface area contributed by atoms with Gasteiger partial charge in [-0.3, -0.25) is 0 Å². The fourth-order valence-electron chi connectivity index (χ4n) is 1.18. The minimum atomic E-state index is 0.354. The van der Waals surface area contributed by atoms with Gasteiger partial charge in [-0.1, -0.05) is 22.0 Å². The molecule has 1 aromatic heterocycles. The first-order chi connectivity index (χ1) is 6.81. The monoisotopic (exact) mass is 271 g/mol. The van der Waals surface area contributed by atoms with Gasteiger partial charge in [-0.25, -0.2) is 9.67 Å². The summed E-state index contributed by atoms with van der Waals surface area (Å²) in [6, 6.07) is 7.82. The van der Waals surface area contributed by atoms with Gasteiger partial charge in [-0.05, 0) is 18.2 Å². The second kappa shape index (κ2) is 4.11. The van der Waals surface area contributed by atoms with Crippen molar-refractivity contribution < 1.29 is 0 Å². The van der Waals surface area contributed by atoms with Crippen molar-refractivity contribution in [2.45, 2.75) is 5.88 Å². The van der Waals surface area contributed by atoms with Crippen LogP contribution in [-0.4, -0.2) is 14.8 Å². The van der Waals surface area contributed by atoms with E-state index >= 15 is 0 Å². The van der Waals surface area contributed by atoms with E-state index < -0.39 is 0 Å². The summed E-state index contributed by atoms with van der Waals surface area (Å²) in [5.41, 5.74) is 0.951. The number of halogens is 2. The van der Waals surface area contributed by atoms with Crippen LogP contribution >= 0.6 is 27.5 Å². The van der Waals surface area contributed by atoms with Gasteiger partial charge in [-0.15, -0.1) is 11.6 Å². The Morgan fingerprint density at radius 3 is 3.00 bits per heavy atom. The lowest BCUT2D eigenvalue weighted by atomic mass is 10.3. The molecule has 0 amide bonds. The van der Waals surface area contributed by atoms with Gasteiger partial charge in [0.25, 0.3) is 0 Å². The average Bonchev–Trinajstić information content (AvgIpc) is 2.65. The van der Waals surface area contributed by atoms with E-state index in [1.54, 1.807) is 4.68 Å². The molecule has 0 aliphatic rings. The fourth-order valence-corrected chi connectivity index (χ4v) is 1.75. The van der Waals surface area contributed by atoms with Gasteiger partial charge in [0.2, 0.25) is 0 Å². The molecule has 0 aliphatic heterocycles. The van der Waals surface area contributed by atoms with Crippen LogP contribution in [0.1, 0.15) is 5.82 Å². The predicted octanol–water partition coefficient (Wildman–Crippen LogP) is 2.77. The molecule has 0 saturated heterocycles. The molecule has 0 spiro atoms. The number of rotatable bonds is 2. The van der Waals surface area contributed by atoms with Crippen molar-refractivity contribution in [3.63, 3.8) is 0 Å². The first-order valence-electron chi connectivity index (χ1n) is 4.02. The largest absolute Gasteiger partial charge is 0.218 e. The quantitative estimate of drug-likeness (QED) is 0.787. The molecule has 0 saturated carbocycles. The van der Waals surface area contributed by atoms with Gasteiger partial charge in [0.1, 0.15) is 12.2 Å². The van der Waals surface area contributed by atoms with Crippen LogP contribution in [0.2, 0.25) is 0 Å². The van der Waals surface area contributed by atoms with Crippen LogP contribution < -0.4 is 0 Å². The smallest absolute Gasteiger partial charge is 0.147 e. The summed E-state index contributed by atoms with van der Waals surface area (Å²) in [7, 11) is 0. The molecule has 1 heterocycles. The lowest BCUT2D eigenvalue weighted by molar-refractivity contribution is 0.831. The molecule has 0 radical (unpaired) electrons. The number of aromatic nitrogens is 3. The first-order valence-corrected chi connectivity index (χ1v) is 5.35. The standard InChI is InChI=1S/C9H7BrClN3/c10-7-2-1-3-8(4-7)14-9(5-11)12-6-13-14/h1-4,6H,5H2. The van der Waals surface area contributed by atoms with Crippen molar-refractivity contribution in [2.75, 3.05) is 0 Å². The minimum Gasteiger partial charge on any atom is -0.218 e. The SMILES string of the molecule is ClCc1ncnn1-c1cccc(Br)c1. The molecule has 3 nitrogen and oxygen atoms in total. The summed E-state index contributed by atoms with van der Waals surface area (Å²) in [5.74, 6) is 1.09. The van der Waals surface area contributed by atoms with Crippen LogP contribution in [0.15, 0.2) is 35.1 Å². The molecule has 0 atom stereocenters. The van der Waals surface area contributed by atoms with E-state index in [9.17, 15) is 0 Å². The van der Waals surface area contributed by atoms with E-state index in [-0.39, 0.29) is 0 Å². The van der Waals surface area contributed by atoms with E-state index in [1.807, 2.05) is 24.3 Å². The van der Waals surface area contributed by atoms with Crippen molar-refractivity contribution >= 4 is 27.5 Å². The van der Waals surface area contributed by atoms with E-state index in [1.165, 1.54) is 6.33 Å². The summed E-state index contributed by atoms with van der Waals surface area (Å²) in [6.45, 7) is 0. The molecule has 5 heteroatoms.